The molecule has 11 nitrogen and oxygen atoms in total. The fraction of sp³-hybridized carbons (Fsp3) is 0.261. The molecule has 3 rings (SSSR count). The van der Waals surface area contributed by atoms with Gasteiger partial charge < -0.3 is 24.8 Å². The second-order valence-corrected chi connectivity index (χ2v) is 7.28. The fourth-order valence-electron chi connectivity index (χ4n) is 3.15. The van der Waals surface area contributed by atoms with E-state index in [0.29, 0.717) is 18.0 Å². The number of aliphatic carboxylic acids is 1. The molecule has 178 valence electrons. The zero-order valence-corrected chi connectivity index (χ0v) is 19.1. The van der Waals surface area contributed by atoms with Crippen LogP contribution in [-0.4, -0.2) is 52.8 Å². The summed E-state index contributed by atoms with van der Waals surface area (Å²) in [6.07, 6.45) is -0.128. The molecule has 3 N–H and O–H groups in total. The second-order valence-electron chi connectivity index (χ2n) is 7.28. The number of benzene rings is 2. The smallest absolute Gasteiger partial charge is 0.326 e. The molecule has 0 aliphatic heterocycles. The van der Waals surface area contributed by atoms with Crippen molar-refractivity contribution in [3.63, 3.8) is 0 Å². The first kappa shape index (κ1) is 24.2. The van der Waals surface area contributed by atoms with Crippen LogP contribution in [0, 0.1) is 6.92 Å². The second kappa shape index (κ2) is 11.5. The van der Waals surface area contributed by atoms with Gasteiger partial charge in [0.05, 0.1) is 26.3 Å². The first-order chi connectivity index (χ1) is 16.4. The minimum atomic E-state index is -0.954. The van der Waals surface area contributed by atoms with Gasteiger partial charge in [-0.1, -0.05) is 42.0 Å². The number of ether oxygens (including phenoxy) is 2. The van der Waals surface area contributed by atoms with Crippen molar-refractivity contribution >= 4 is 29.6 Å². The number of carbonyl (C=O) groups is 2. The van der Waals surface area contributed by atoms with Crippen molar-refractivity contribution < 1.29 is 24.2 Å². The average molecular weight is 466 g/mol. The minimum Gasteiger partial charge on any atom is -0.495 e. The lowest BCUT2D eigenvalue weighted by molar-refractivity contribution is -0.136. The molecule has 0 bridgehead atoms. The molecule has 0 radical (unpaired) electrons. The topological polar surface area (TPSA) is 139 Å². The SMILES string of the molecule is COc1nc(NC(=O)Nc2ccccc2OC)nc(N(CCC(=O)O)Cc2cccc(C)c2)n1. The summed E-state index contributed by atoms with van der Waals surface area (Å²) in [5.41, 5.74) is 2.48. The summed E-state index contributed by atoms with van der Waals surface area (Å²) in [7, 11) is 2.89. The molecular formula is C23H26N6O5. The molecule has 34 heavy (non-hydrogen) atoms. The van der Waals surface area contributed by atoms with Gasteiger partial charge in [-0.05, 0) is 24.6 Å². The van der Waals surface area contributed by atoms with E-state index in [1.807, 2.05) is 31.2 Å². The van der Waals surface area contributed by atoms with E-state index in [0.717, 1.165) is 11.1 Å². The van der Waals surface area contributed by atoms with Crippen molar-refractivity contribution in [3.05, 3.63) is 59.7 Å². The molecule has 0 aliphatic carbocycles. The van der Waals surface area contributed by atoms with Crippen LogP contribution in [0.5, 0.6) is 11.8 Å². The number of carboxylic acids is 1. The van der Waals surface area contributed by atoms with Crippen LogP contribution in [0.2, 0.25) is 0 Å². The highest BCUT2D eigenvalue weighted by atomic mass is 16.5. The number of nitrogens with one attached hydrogen (secondary N) is 2. The first-order valence-electron chi connectivity index (χ1n) is 10.4. The van der Waals surface area contributed by atoms with Crippen molar-refractivity contribution in [1.82, 2.24) is 15.0 Å². The Morgan fingerprint density at radius 1 is 1.00 bits per heavy atom. The number of rotatable bonds is 10. The van der Waals surface area contributed by atoms with Crippen LogP contribution in [-0.2, 0) is 11.3 Å². The Balaban J connectivity index is 1.85. The van der Waals surface area contributed by atoms with Gasteiger partial charge in [0, 0.05) is 13.1 Å². The molecule has 2 amide bonds. The molecule has 1 aromatic heterocycles. The van der Waals surface area contributed by atoms with Gasteiger partial charge in [-0.25, -0.2) is 4.79 Å². The monoisotopic (exact) mass is 466 g/mol. The van der Waals surface area contributed by atoms with Crippen LogP contribution in [0.4, 0.5) is 22.4 Å². The highest BCUT2D eigenvalue weighted by Crippen LogP contribution is 2.23. The molecule has 0 unspecified atom stereocenters. The number of hydrogen-bond acceptors (Lipinski definition) is 8. The van der Waals surface area contributed by atoms with Crippen LogP contribution in [0.15, 0.2) is 48.5 Å². The number of carboxylic acid groups (broad SMARTS) is 1. The van der Waals surface area contributed by atoms with E-state index in [1.54, 1.807) is 29.2 Å². The zero-order valence-electron chi connectivity index (χ0n) is 19.1. The summed E-state index contributed by atoms with van der Waals surface area (Å²) in [4.78, 5) is 38.2. The number of hydrogen-bond donors (Lipinski definition) is 3. The molecule has 0 saturated carbocycles. The number of aryl methyl sites for hydroxylation is 1. The molecule has 3 aromatic rings. The summed E-state index contributed by atoms with van der Waals surface area (Å²) in [5.74, 6) is -0.352. The molecule has 1 heterocycles. The molecular weight excluding hydrogens is 440 g/mol. The van der Waals surface area contributed by atoms with E-state index in [2.05, 4.69) is 25.6 Å². The number of carbonyl (C=O) groups excluding carboxylic acids is 1. The van der Waals surface area contributed by atoms with Crippen LogP contribution < -0.4 is 25.0 Å². The van der Waals surface area contributed by atoms with Gasteiger partial charge in [-0.3, -0.25) is 10.1 Å². The first-order valence-corrected chi connectivity index (χ1v) is 10.4. The Labute approximate surface area is 196 Å². The lowest BCUT2D eigenvalue weighted by Gasteiger charge is -2.23. The fourth-order valence-corrected chi connectivity index (χ4v) is 3.15. The summed E-state index contributed by atoms with van der Waals surface area (Å²) < 4.78 is 10.4. The van der Waals surface area contributed by atoms with Gasteiger partial charge >= 0.3 is 18.0 Å². The third-order valence-corrected chi connectivity index (χ3v) is 4.70. The Morgan fingerprint density at radius 3 is 2.50 bits per heavy atom. The maximum absolute atomic E-state index is 12.6. The van der Waals surface area contributed by atoms with E-state index in [-0.39, 0.29) is 30.9 Å². The zero-order chi connectivity index (χ0) is 24.5. The largest absolute Gasteiger partial charge is 0.495 e. The molecule has 0 atom stereocenters. The Hall–Kier alpha value is -4.41. The average Bonchev–Trinajstić information content (AvgIpc) is 2.81. The van der Waals surface area contributed by atoms with Gasteiger partial charge in [0.1, 0.15) is 5.75 Å². The number of methoxy groups -OCH3 is 2. The van der Waals surface area contributed by atoms with Crippen LogP contribution in [0.3, 0.4) is 0 Å². The summed E-state index contributed by atoms with van der Waals surface area (Å²) in [5, 5.41) is 14.4. The van der Waals surface area contributed by atoms with Crippen LogP contribution >= 0.6 is 0 Å². The van der Waals surface area contributed by atoms with Crippen molar-refractivity contribution in [1.29, 1.82) is 0 Å². The Morgan fingerprint density at radius 2 is 1.79 bits per heavy atom. The Kier molecular flexibility index (Phi) is 8.16. The molecule has 11 heteroatoms. The van der Waals surface area contributed by atoms with E-state index < -0.39 is 12.0 Å². The molecule has 0 aliphatic rings. The van der Waals surface area contributed by atoms with Crippen molar-refractivity contribution in [2.75, 3.05) is 36.3 Å². The highest BCUT2D eigenvalue weighted by Gasteiger charge is 2.18. The lowest BCUT2D eigenvalue weighted by Crippen LogP contribution is -2.29. The molecule has 0 saturated heterocycles. The number of urea groups is 1. The van der Waals surface area contributed by atoms with E-state index in [9.17, 15) is 14.7 Å². The summed E-state index contributed by atoms with van der Waals surface area (Å²) >= 11 is 0. The number of para-hydroxylation sites is 2. The van der Waals surface area contributed by atoms with Gasteiger partial charge in [0.15, 0.2) is 0 Å². The van der Waals surface area contributed by atoms with Gasteiger partial charge in [-0.2, -0.15) is 15.0 Å². The molecule has 2 aromatic carbocycles. The maximum atomic E-state index is 12.6. The summed E-state index contributed by atoms with van der Waals surface area (Å²) in [6.45, 7) is 2.47. The third kappa shape index (κ3) is 6.79. The maximum Gasteiger partial charge on any atom is 0.326 e. The summed E-state index contributed by atoms with van der Waals surface area (Å²) in [6, 6.07) is 14.1. The standard InChI is InChI=1S/C23H26N6O5/c1-15-7-6-8-16(13-15)14-29(12-11-19(30)31)21-25-20(27-23(28-21)34-3)26-22(32)24-17-9-4-5-10-18(17)33-2/h4-10,13H,11-12,14H2,1-3H3,(H,30,31)(H2,24,25,26,27,28,32). The van der Waals surface area contributed by atoms with Crippen molar-refractivity contribution in [3.8, 4) is 11.8 Å². The number of aromatic nitrogens is 3. The predicted molar refractivity (Wildman–Crippen MR) is 126 cm³/mol. The number of amides is 2. The van der Waals surface area contributed by atoms with Crippen molar-refractivity contribution in [2.45, 2.75) is 19.9 Å². The van der Waals surface area contributed by atoms with Gasteiger partial charge in [0.25, 0.3) is 0 Å². The van der Waals surface area contributed by atoms with E-state index in [1.165, 1.54) is 14.2 Å². The number of nitrogens with zero attached hydrogens (tertiary/aromatic N) is 4. The highest BCUT2D eigenvalue weighted by molar-refractivity contribution is 5.99. The normalized spacial score (nSPS) is 10.3. The molecule has 0 fully saturated rings. The lowest BCUT2D eigenvalue weighted by atomic mass is 10.1. The van der Waals surface area contributed by atoms with E-state index >= 15 is 0 Å². The van der Waals surface area contributed by atoms with Gasteiger partial charge in [-0.15, -0.1) is 0 Å². The van der Waals surface area contributed by atoms with E-state index in [4.69, 9.17) is 9.47 Å². The Bertz CT molecular complexity index is 1160. The van der Waals surface area contributed by atoms with Crippen LogP contribution in [0.25, 0.3) is 0 Å². The van der Waals surface area contributed by atoms with Gasteiger partial charge in [0.2, 0.25) is 11.9 Å². The minimum absolute atomic E-state index is 0.0258. The molecule has 0 spiro atoms. The predicted octanol–water partition coefficient (Wildman–Crippen LogP) is 3.32. The van der Waals surface area contributed by atoms with Crippen molar-refractivity contribution in [2.24, 2.45) is 0 Å². The quantitative estimate of drug-likeness (QED) is 0.410. The van der Waals surface area contributed by atoms with Crippen LogP contribution in [0.1, 0.15) is 17.5 Å². The number of anilines is 3. The third-order valence-electron chi connectivity index (χ3n) is 4.70.